The van der Waals surface area contributed by atoms with E-state index in [9.17, 15) is 9.90 Å². The molecular formula is C13H14BrNO2. The standard InChI is InChI=1S/C13H14BrNO2/c1-8-6-10(17)12(14)9(2)11(8)13(15-7-16)4-3-5-13/h6,17H,3-5H2,1-2H3. The molecule has 0 spiro atoms. The Hall–Kier alpha value is -1.12. The van der Waals surface area contributed by atoms with Crippen LogP contribution in [-0.2, 0) is 10.3 Å². The van der Waals surface area contributed by atoms with Crippen LogP contribution in [0.2, 0.25) is 0 Å². The molecule has 90 valence electrons. The number of hydrogen-bond donors (Lipinski definition) is 1. The average Bonchev–Trinajstić information content (AvgIpc) is 2.22. The third-order valence-electron chi connectivity index (χ3n) is 3.58. The van der Waals surface area contributed by atoms with Gasteiger partial charge in [-0.15, -0.1) is 0 Å². The van der Waals surface area contributed by atoms with Gasteiger partial charge in [0.05, 0.1) is 10.0 Å². The highest BCUT2D eigenvalue weighted by atomic mass is 79.9. The molecule has 0 aromatic heterocycles. The summed E-state index contributed by atoms with van der Waals surface area (Å²) in [6, 6.07) is 1.72. The second kappa shape index (κ2) is 4.28. The third kappa shape index (κ3) is 1.81. The molecule has 17 heavy (non-hydrogen) atoms. The number of halogens is 1. The Bertz CT molecular complexity index is 515. The van der Waals surface area contributed by atoms with E-state index in [2.05, 4.69) is 20.9 Å². The normalized spacial score (nSPS) is 17.1. The fraction of sp³-hybridized carbons (Fsp3) is 0.462. The topological polar surface area (TPSA) is 49.7 Å². The zero-order chi connectivity index (χ0) is 12.6. The van der Waals surface area contributed by atoms with E-state index in [1.807, 2.05) is 13.8 Å². The van der Waals surface area contributed by atoms with E-state index in [4.69, 9.17) is 0 Å². The van der Waals surface area contributed by atoms with Crippen LogP contribution in [0.1, 0.15) is 36.0 Å². The van der Waals surface area contributed by atoms with Crippen molar-refractivity contribution in [3.63, 3.8) is 0 Å². The van der Waals surface area contributed by atoms with E-state index >= 15 is 0 Å². The number of aryl methyl sites for hydroxylation is 1. The van der Waals surface area contributed by atoms with Gasteiger partial charge in [0.25, 0.3) is 0 Å². The SMILES string of the molecule is Cc1cc(O)c(Br)c(C)c1C1(N=C=O)CCC1. The number of hydrogen-bond acceptors (Lipinski definition) is 3. The maximum absolute atomic E-state index is 10.6. The number of benzene rings is 1. The first kappa shape index (κ1) is 12.3. The van der Waals surface area contributed by atoms with Crippen LogP contribution in [0.15, 0.2) is 15.5 Å². The summed E-state index contributed by atoms with van der Waals surface area (Å²) in [5.41, 5.74) is 2.58. The fourth-order valence-electron chi connectivity index (χ4n) is 2.67. The molecule has 0 bridgehead atoms. The Morgan fingerprint density at radius 1 is 1.47 bits per heavy atom. The van der Waals surface area contributed by atoms with Gasteiger partial charge in [-0.1, -0.05) is 0 Å². The molecule has 1 aromatic carbocycles. The van der Waals surface area contributed by atoms with Gasteiger partial charge in [-0.2, -0.15) is 4.99 Å². The smallest absolute Gasteiger partial charge is 0.235 e. The molecule has 0 radical (unpaired) electrons. The van der Waals surface area contributed by atoms with Gasteiger partial charge < -0.3 is 5.11 Å². The number of rotatable bonds is 2. The Kier molecular flexibility index (Phi) is 3.11. The Morgan fingerprint density at radius 2 is 2.12 bits per heavy atom. The van der Waals surface area contributed by atoms with E-state index in [0.717, 1.165) is 36.0 Å². The first-order valence-corrected chi connectivity index (χ1v) is 6.39. The molecule has 4 heteroatoms. The van der Waals surface area contributed by atoms with Crippen LogP contribution in [0.25, 0.3) is 0 Å². The monoisotopic (exact) mass is 295 g/mol. The Balaban J connectivity index is 2.66. The van der Waals surface area contributed by atoms with Crippen molar-refractivity contribution in [3.05, 3.63) is 27.2 Å². The summed E-state index contributed by atoms with van der Waals surface area (Å²) < 4.78 is 0.686. The predicted molar refractivity (Wildman–Crippen MR) is 68.9 cm³/mol. The molecule has 0 heterocycles. The molecule has 1 fully saturated rings. The van der Waals surface area contributed by atoms with Crippen molar-refractivity contribution in [2.75, 3.05) is 0 Å². The van der Waals surface area contributed by atoms with E-state index in [1.54, 1.807) is 12.1 Å². The maximum atomic E-state index is 10.6. The number of nitrogens with zero attached hydrogens (tertiary/aromatic N) is 1. The highest BCUT2D eigenvalue weighted by Crippen LogP contribution is 2.49. The minimum atomic E-state index is -0.411. The van der Waals surface area contributed by atoms with Gasteiger partial charge in [0.15, 0.2) is 0 Å². The van der Waals surface area contributed by atoms with Crippen LogP contribution >= 0.6 is 15.9 Å². The lowest BCUT2D eigenvalue weighted by molar-refractivity contribution is 0.253. The summed E-state index contributed by atoms with van der Waals surface area (Å²) in [6.45, 7) is 3.88. The van der Waals surface area contributed by atoms with Crippen molar-refractivity contribution in [1.29, 1.82) is 0 Å². The fourth-order valence-corrected chi connectivity index (χ4v) is 2.98. The van der Waals surface area contributed by atoms with E-state index in [0.29, 0.717) is 4.47 Å². The summed E-state index contributed by atoms with van der Waals surface area (Å²) in [6.07, 6.45) is 4.52. The first-order valence-electron chi connectivity index (χ1n) is 5.60. The molecule has 1 aliphatic carbocycles. The van der Waals surface area contributed by atoms with Crippen molar-refractivity contribution >= 4 is 22.0 Å². The lowest BCUT2D eigenvalue weighted by Gasteiger charge is -2.39. The van der Waals surface area contributed by atoms with Gasteiger partial charge in [-0.05, 0) is 71.8 Å². The molecule has 1 N–H and O–H groups in total. The summed E-state index contributed by atoms with van der Waals surface area (Å²) in [5, 5.41) is 9.74. The highest BCUT2D eigenvalue weighted by Gasteiger charge is 2.41. The second-order valence-electron chi connectivity index (χ2n) is 4.61. The maximum Gasteiger partial charge on any atom is 0.235 e. The zero-order valence-electron chi connectivity index (χ0n) is 9.88. The van der Waals surface area contributed by atoms with Gasteiger partial charge in [-0.25, -0.2) is 4.79 Å². The third-order valence-corrected chi connectivity index (χ3v) is 4.58. The molecule has 2 rings (SSSR count). The number of carbonyl (C=O) groups excluding carboxylic acids is 1. The molecule has 0 saturated heterocycles. The lowest BCUT2D eigenvalue weighted by atomic mass is 9.69. The van der Waals surface area contributed by atoms with Crippen LogP contribution in [0.3, 0.4) is 0 Å². The molecule has 1 aromatic rings. The number of aliphatic imine (C=N–C) groups is 1. The number of aromatic hydroxyl groups is 1. The molecule has 0 unspecified atom stereocenters. The Labute approximate surface area is 109 Å². The predicted octanol–water partition coefficient (Wildman–Crippen LogP) is 3.49. The van der Waals surface area contributed by atoms with Crippen LogP contribution in [0, 0.1) is 13.8 Å². The highest BCUT2D eigenvalue weighted by molar-refractivity contribution is 9.10. The zero-order valence-corrected chi connectivity index (χ0v) is 11.5. The number of phenols is 1. The van der Waals surface area contributed by atoms with Crippen LogP contribution in [0.5, 0.6) is 5.75 Å². The summed E-state index contributed by atoms with van der Waals surface area (Å²) in [7, 11) is 0. The Morgan fingerprint density at radius 3 is 2.59 bits per heavy atom. The van der Waals surface area contributed by atoms with Crippen LogP contribution < -0.4 is 0 Å². The van der Waals surface area contributed by atoms with E-state index in [1.165, 1.54) is 0 Å². The minimum Gasteiger partial charge on any atom is -0.507 e. The molecule has 1 saturated carbocycles. The quantitative estimate of drug-likeness (QED) is 0.671. The molecule has 1 aliphatic rings. The van der Waals surface area contributed by atoms with Gasteiger partial charge in [-0.3, -0.25) is 0 Å². The largest absolute Gasteiger partial charge is 0.507 e. The molecular weight excluding hydrogens is 282 g/mol. The second-order valence-corrected chi connectivity index (χ2v) is 5.41. The summed E-state index contributed by atoms with van der Waals surface area (Å²) in [5.74, 6) is 0.230. The van der Waals surface area contributed by atoms with Gasteiger partial charge in [0, 0.05) is 0 Å². The van der Waals surface area contributed by atoms with Gasteiger partial charge in [0.2, 0.25) is 6.08 Å². The summed E-state index contributed by atoms with van der Waals surface area (Å²) in [4.78, 5) is 14.6. The van der Waals surface area contributed by atoms with Crippen LogP contribution in [0.4, 0.5) is 0 Å². The lowest BCUT2D eigenvalue weighted by Crippen LogP contribution is -2.33. The van der Waals surface area contributed by atoms with Crippen molar-refractivity contribution < 1.29 is 9.90 Å². The molecule has 0 amide bonds. The van der Waals surface area contributed by atoms with Crippen molar-refractivity contribution in [1.82, 2.24) is 0 Å². The van der Waals surface area contributed by atoms with Crippen molar-refractivity contribution in [2.45, 2.75) is 38.6 Å². The number of phenolic OH excluding ortho intramolecular Hbond substituents is 1. The van der Waals surface area contributed by atoms with Crippen molar-refractivity contribution in [3.8, 4) is 5.75 Å². The van der Waals surface area contributed by atoms with Gasteiger partial charge in [0.1, 0.15) is 5.75 Å². The summed E-state index contributed by atoms with van der Waals surface area (Å²) >= 11 is 3.37. The van der Waals surface area contributed by atoms with Crippen LogP contribution in [-0.4, -0.2) is 11.2 Å². The van der Waals surface area contributed by atoms with Crippen molar-refractivity contribution in [2.24, 2.45) is 4.99 Å². The minimum absolute atomic E-state index is 0.230. The van der Waals surface area contributed by atoms with E-state index in [-0.39, 0.29) is 5.75 Å². The number of isocyanates is 1. The van der Waals surface area contributed by atoms with Gasteiger partial charge >= 0.3 is 0 Å². The average molecular weight is 296 g/mol. The van der Waals surface area contributed by atoms with E-state index < -0.39 is 5.54 Å². The molecule has 3 nitrogen and oxygen atoms in total. The first-order chi connectivity index (χ1) is 8.02. The molecule has 0 aliphatic heterocycles. The molecule has 0 atom stereocenters.